The Bertz CT molecular complexity index is 602. The molecule has 1 aromatic heterocycles. The highest BCUT2D eigenvalue weighted by atomic mass is 19.3. The van der Waals surface area contributed by atoms with Crippen LogP contribution in [-0.2, 0) is 6.54 Å². The minimum atomic E-state index is -2.57. The van der Waals surface area contributed by atoms with E-state index in [0.717, 1.165) is 4.68 Å². The van der Waals surface area contributed by atoms with E-state index in [1.54, 1.807) is 6.07 Å². The van der Waals surface area contributed by atoms with Gasteiger partial charge in [0.15, 0.2) is 17.3 Å². The Morgan fingerprint density at radius 2 is 1.90 bits per heavy atom. The molecule has 2 N–H and O–H groups in total. The van der Waals surface area contributed by atoms with Crippen molar-refractivity contribution >= 4 is 5.69 Å². The van der Waals surface area contributed by atoms with E-state index in [9.17, 15) is 8.78 Å². The molecule has 20 heavy (non-hydrogen) atoms. The van der Waals surface area contributed by atoms with Gasteiger partial charge in [0.05, 0.1) is 14.2 Å². The first-order chi connectivity index (χ1) is 9.56. The summed E-state index contributed by atoms with van der Waals surface area (Å²) in [7, 11) is 2.93. The number of methoxy groups -OCH3 is 2. The van der Waals surface area contributed by atoms with Crippen LogP contribution in [0.1, 0.15) is 0 Å². The molecule has 0 saturated carbocycles. The maximum absolute atomic E-state index is 12.5. The van der Waals surface area contributed by atoms with Crippen molar-refractivity contribution in [2.24, 2.45) is 0 Å². The maximum Gasteiger partial charge on any atom is 0.258 e. The summed E-state index contributed by atoms with van der Waals surface area (Å²) in [5, 5.41) is 10.6. The van der Waals surface area contributed by atoms with Gasteiger partial charge in [0.25, 0.3) is 6.43 Å². The van der Waals surface area contributed by atoms with Gasteiger partial charge in [-0.1, -0.05) is 0 Å². The smallest absolute Gasteiger partial charge is 0.258 e. The Morgan fingerprint density at radius 1 is 1.25 bits per heavy atom. The Hall–Kier alpha value is -2.45. The lowest BCUT2D eigenvalue weighted by atomic mass is 10.1. The molecule has 0 bridgehead atoms. The molecule has 1 aromatic carbocycles. The zero-order chi connectivity index (χ0) is 14.7. The molecule has 0 atom stereocenters. The van der Waals surface area contributed by atoms with E-state index in [1.807, 2.05) is 0 Å². The molecular formula is C11H13F2N5O2. The second-order valence-corrected chi connectivity index (χ2v) is 3.87. The van der Waals surface area contributed by atoms with Crippen LogP contribution in [0.15, 0.2) is 12.1 Å². The van der Waals surface area contributed by atoms with Gasteiger partial charge in [0, 0.05) is 17.3 Å². The van der Waals surface area contributed by atoms with Crippen LogP contribution in [0.5, 0.6) is 11.5 Å². The molecule has 2 rings (SSSR count). The first-order valence-electron chi connectivity index (χ1n) is 5.63. The molecule has 2 aromatic rings. The number of halogens is 2. The van der Waals surface area contributed by atoms with Crippen LogP contribution in [0.3, 0.4) is 0 Å². The number of ether oxygens (including phenoxy) is 2. The second-order valence-electron chi connectivity index (χ2n) is 3.87. The number of nitrogens with zero attached hydrogens (tertiary/aromatic N) is 4. The summed E-state index contributed by atoms with van der Waals surface area (Å²) in [5.41, 5.74) is 6.58. The Kier molecular flexibility index (Phi) is 3.97. The molecule has 0 amide bonds. The number of alkyl halides is 2. The van der Waals surface area contributed by atoms with Crippen molar-refractivity contribution in [1.82, 2.24) is 20.2 Å². The molecule has 0 fully saturated rings. The summed E-state index contributed by atoms with van der Waals surface area (Å²) in [6, 6.07) is 3.07. The Balaban J connectivity index is 2.50. The predicted molar refractivity (Wildman–Crippen MR) is 66.8 cm³/mol. The van der Waals surface area contributed by atoms with Gasteiger partial charge in [-0.05, 0) is 16.5 Å². The number of tetrazole rings is 1. The number of nitrogen functional groups attached to an aromatic ring is 1. The highest BCUT2D eigenvalue weighted by Crippen LogP contribution is 2.36. The molecule has 0 unspecified atom stereocenters. The van der Waals surface area contributed by atoms with Crippen LogP contribution in [0.4, 0.5) is 14.5 Å². The molecule has 1 heterocycles. The molecule has 0 aliphatic heterocycles. The summed E-state index contributed by atoms with van der Waals surface area (Å²) in [5.74, 6) is 0.980. The largest absolute Gasteiger partial charge is 0.493 e. The average molecular weight is 285 g/mol. The summed E-state index contributed by atoms with van der Waals surface area (Å²) in [4.78, 5) is 0. The van der Waals surface area contributed by atoms with Crippen LogP contribution >= 0.6 is 0 Å². The topological polar surface area (TPSA) is 88.1 Å². The van der Waals surface area contributed by atoms with E-state index < -0.39 is 13.0 Å². The van der Waals surface area contributed by atoms with Gasteiger partial charge in [-0.3, -0.25) is 0 Å². The van der Waals surface area contributed by atoms with Gasteiger partial charge in [0.2, 0.25) is 0 Å². The first kappa shape index (κ1) is 14.0. The van der Waals surface area contributed by atoms with E-state index in [0.29, 0.717) is 22.7 Å². The first-order valence-corrected chi connectivity index (χ1v) is 5.63. The van der Waals surface area contributed by atoms with Crippen LogP contribution in [0, 0.1) is 0 Å². The third-order valence-corrected chi connectivity index (χ3v) is 2.64. The zero-order valence-electron chi connectivity index (χ0n) is 10.9. The normalized spacial score (nSPS) is 10.8. The molecule has 7 nitrogen and oxygen atoms in total. The fraction of sp³-hybridized carbons (Fsp3) is 0.364. The van der Waals surface area contributed by atoms with Crippen LogP contribution in [0.25, 0.3) is 11.4 Å². The van der Waals surface area contributed by atoms with Crippen LogP contribution in [0.2, 0.25) is 0 Å². The third kappa shape index (κ3) is 2.60. The van der Waals surface area contributed by atoms with E-state index in [2.05, 4.69) is 15.5 Å². The zero-order valence-corrected chi connectivity index (χ0v) is 10.9. The summed E-state index contributed by atoms with van der Waals surface area (Å²) in [6.07, 6.45) is -2.57. The summed E-state index contributed by atoms with van der Waals surface area (Å²) >= 11 is 0. The van der Waals surface area contributed by atoms with Crippen molar-refractivity contribution in [2.75, 3.05) is 20.0 Å². The minimum Gasteiger partial charge on any atom is -0.493 e. The van der Waals surface area contributed by atoms with Gasteiger partial charge >= 0.3 is 0 Å². The predicted octanol–water partition coefficient (Wildman–Crippen LogP) is 1.20. The quantitative estimate of drug-likeness (QED) is 0.831. The molecule has 0 saturated heterocycles. The van der Waals surface area contributed by atoms with E-state index >= 15 is 0 Å². The van der Waals surface area contributed by atoms with Crippen molar-refractivity contribution in [1.29, 1.82) is 0 Å². The second kappa shape index (κ2) is 5.68. The SMILES string of the molecule is COc1cc(N)c(-c2nnnn2CC(F)F)cc1OC. The van der Waals surface area contributed by atoms with Crippen LogP contribution in [-0.4, -0.2) is 40.9 Å². The summed E-state index contributed by atoms with van der Waals surface area (Å²) in [6.45, 7) is -0.615. The van der Waals surface area contributed by atoms with Crippen molar-refractivity contribution in [2.45, 2.75) is 13.0 Å². The Labute approximate surface area is 113 Å². The number of anilines is 1. The van der Waals surface area contributed by atoms with Gasteiger partial charge < -0.3 is 15.2 Å². The number of aromatic nitrogens is 4. The molecule has 0 radical (unpaired) electrons. The van der Waals surface area contributed by atoms with E-state index in [1.165, 1.54) is 20.3 Å². The lowest BCUT2D eigenvalue weighted by Gasteiger charge is -2.12. The lowest BCUT2D eigenvalue weighted by molar-refractivity contribution is 0.121. The number of hydrogen-bond donors (Lipinski definition) is 1. The Morgan fingerprint density at radius 3 is 2.50 bits per heavy atom. The van der Waals surface area contributed by atoms with Crippen LogP contribution < -0.4 is 15.2 Å². The molecule has 108 valence electrons. The molecular weight excluding hydrogens is 272 g/mol. The van der Waals surface area contributed by atoms with Gasteiger partial charge in [0.1, 0.15) is 6.54 Å². The molecule has 9 heteroatoms. The van der Waals surface area contributed by atoms with Crippen molar-refractivity contribution in [3.63, 3.8) is 0 Å². The standard InChI is InChI=1S/C11H13F2N5O2/c1-19-8-3-6(7(14)4-9(8)20-2)11-15-16-17-18(11)5-10(12)13/h3-4,10H,5,14H2,1-2H3. The van der Waals surface area contributed by atoms with Crippen molar-refractivity contribution < 1.29 is 18.3 Å². The number of benzene rings is 1. The maximum atomic E-state index is 12.5. The van der Waals surface area contributed by atoms with E-state index in [4.69, 9.17) is 15.2 Å². The van der Waals surface area contributed by atoms with Gasteiger partial charge in [-0.15, -0.1) is 5.10 Å². The van der Waals surface area contributed by atoms with Crippen molar-refractivity contribution in [3.8, 4) is 22.9 Å². The fourth-order valence-electron chi connectivity index (χ4n) is 1.74. The number of rotatable bonds is 5. The summed E-state index contributed by atoms with van der Waals surface area (Å²) < 4.78 is 36.2. The molecule has 0 aliphatic rings. The van der Waals surface area contributed by atoms with E-state index in [-0.39, 0.29) is 5.82 Å². The van der Waals surface area contributed by atoms with Crippen molar-refractivity contribution in [3.05, 3.63) is 12.1 Å². The number of nitrogens with two attached hydrogens (primary N) is 1. The number of hydrogen-bond acceptors (Lipinski definition) is 6. The monoisotopic (exact) mass is 285 g/mol. The average Bonchev–Trinajstić information content (AvgIpc) is 2.85. The van der Waals surface area contributed by atoms with Gasteiger partial charge in [-0.2, -0.15) is 0 Å². The molecule has 0 aliphatic carbocycles. The minimum absolute atomic E-state index is 0.142. The third-order valence-electron chi connectivity index (χ3n) is 2.64. The van der Waals surface area contributed by atoms with Gasteiger partial charge in [-0.25, -0.2) is 13.5 Å². The molecule has 0 spiro atoms. The fourth-order valence-corrected chi connectivity index (χ4v) is 1.74. The lowest BCUT2D eigenvalue weighted by Crippen LogP contribution is -2.10. The highest BCUT2D eigenvalue weighted by Gasteiger charge is 2.18. The highest BCUT2D eigenvalue weighted by molar-refractivity contribution is 5.75.